The summed E-state index contributed by atoms with van der Waals surface area (Å²) in [6, 6.07) is 5.45. The zero-order chi connectivity index (χ0) is 14.1. The maximum atomic E-state index is 13.4. The molecule has 1 aromatic carbocycles. The summed E-state index contributed by atoms with van der Waals surface area (Å²) in [5.74, 6) is -0.0272. The second kappa shape index (κ2) is 5.70. The van der Waals surface area contributed by atoms with Crippen molar-refractivity contribution in [2.24, 2.45) is 5.92 Å². The van der Waals surface area contributed by atoms with Crippen LogP contribution in [-0.4, -0.2) is 47.6 Å². The number of benzene rings is 1. The largest absolute Gasteiger partial charge is 0.505 e. The molecule has 3 nitrogen and oxygen atoms in total. The lowest BCUT2D eigenvalue weighted by Crippen LogP contribution is -2.52. The van der Waals surface area contributed by atoms with Crippen LogP contribution in [-0.2, 0) is 6.54 Å². The van der Waals surface area contributed by atoms with Crippen LogP contribution in [0.4, 0.5) is 4.39 Å². The van der Waals surface area contributed by atoms with E-state index in [0.29, 0.717) is 0 Å². The summed E-state index contributed by atoms with van der Waals surface area (Å²) in [5.41, 5.74) is 0.947. The molecular formula is C16H23FN2O. The molecule has 110 valence electrons. The highest BCUT2D eigenvalue weighted by Crippen LogP contribution is 2.30. The molecule has 20 heavy (non-hydrogen) atoms. The lowest BCUT2D eigenvalue weighted by atomic mass is 9.84. The molecular weight excluding hydrogens is 255 g/mol. The Kier molecular flexibility index (Phi) is 3.94. The molecule has 0 saturated carbocycles. The monoisotopic (exact) mass is 278 g/mol. The number of fused-ring (bicyclic) bond motifs is 1. The first-order valence-corrected chi connectivity index (χ1v) is 7.53. The summed E-state index contributed by atoms with van der Waals surface area (Å²) in [4.78, 5) is 4.93. The van der Waals surface area contributed by atoms with Crippen molar-refractivity contribution in [1.29, 1.82) is 0 Å². The zero-order valence-corrected chi connectivity index (χ0v) is 12.1. The van der Waals surface area contributed by atoms with E-state index < -0.39 is 5.82 Å². The number of phenols is 1. The summed E-state index contributed by atoms with van der Waals surface area (Å²) in [7, 11) is 2.24. The molecule has 2 atom stereocenters. The van der Waals surface area contributed by atoms with Gasteiger partial charge in [-0.25, -0.2) is 4.39 Å². The topological polar surface area (TPSA) is 26.7 Å². The molecule has 0 amide bonds. The Bertz CT molecular complexity index is 480. The van der Waals surface area contributed by atoms with Crippen LogP contribution in [0.25, 0.3) is 0 Å². The van der Waals surface area contributed by atoms with E-state index in [1.165, 1.54) is 37.9 Å². The van der Waals surface area contributed by atoms with Gasteiger partial charge in [0.15, 0.2) is 11.6 Å². The molecule has 4 heteroatoms. The Hall–Kier alpha value is -1.13. The van der Waals surface area contributed by atoms with Crippen molar-refractivity contribution in [3.63, 3.8) is 0 Å². The van der Waals surface area contributed by atoms with Gasteiger partial charge in [-0.15, -0.1) is 0 Å². The second-order valence-corrected chi connectivity index (χ2v) is 6.26. The molecule has 2 fully saturated rings. The van der Waals surface area contributed by atoms with Crippen molar-refractivity contribution in [1.82, 2.24) is 9.80 Å². The van der Waals surface area contributed by atoms with Gasteiger partial charge >= 0.3 is 0 Å². The van der Waals surface area contributed by atoms with Gasteiger partial charge in [-0.05, 0) is 63.0 Å². The molecule has 2 aliphatic rings. The Labute approximate surface area is 120 Å². The number of likely N-dealkylation sites (tertiary alicyclic amines) is 2. The van der Waals surface area contributed by atoms with Crippen LogP contribution in [0.15, 0.2) is 18.2 Å². The van der Waals surface area contributed by atoms with Crippen LogP contribution in [0.3, 0.4) is 0 Å². The predicted octanol–water partition coefficient (Wildman–Crippen LogP) is 2.45. The van der Waals surface area contributed by atoms with Gasteiger partial charge in [0.2, 0.25) is 0 Å². The van der Waals surface area contributed by atoms with Crippen molar-refractivity contribution < 1.29 is 9.50 Å². The maximum absolute atomic E-state index is 13.4. The number of rotatable bonds is 2. The van der Waals surface area contributed by atoms with Crippen LogP contribution in [0.2, 0.25) is 0 Å². The Balaban J connectivity index is 1.63. The van der Waals surface area contributed by atoms with E-state index >= 15 is 0 Å². The molecule has 0 aromatic heterocycles. The normalized spacial score (nSPS) is 28.3. The lowest BCUT2D eigenvalue weighted by molar-refractivity contribution is 0.0354. The predicted molar refractivity (Wildman–Crippen MR) is 77.1 cm³/mol. The van der Waals surface area contributed by atoms with Gasteiger partial charge in [-0.1, -0.05) is 6.07 Å². The fourth-order valence-electron chi connectivity index (χ4n) is 3.78. The highest BCUT2D eigenvalue weighted by molar-refractivity contribution is 5.28. The van der Waals surface area contributed by atoms with Crippen molar-refractivity contribution in [3.05, 3.63) is 29.6 Å². The summed E-state index contributed by atoms with van der Waals surface area (Å²) >= 11 is 0. The quantitative estimate of drug-likeness (QED) is 0.900. The molecule has 3 rings (SSSR count). The molecule has 0 bridgehead atoms. The van der Waals surface area contributed by atoms with Gasteiger partial charge < -0.3 is 10.0 Å². The Morgan fingerprint density at radius 3 is 2.95 bits per heavy atom. The molecule has 2 aliphatic heterocycles. The SMILES string of the molecule is CN1CCCC2CN(Cc3ccc(O)c(F)c3)CCC21. The minimum absolute atomic E-state index is 0.263. The van der Waals surface area contributed by atoms with E-state index in [9.17, 15) is 9.50 Å². The summed E-state index contributed by atoms with van der Waals surface area (Å²) in [5, 5.41) is 9.24. The van der Waals surface area contributed by atoms with Crippen LogP contribution >= 0.6 is 0 Å². The summed E-state index contributed by atoms with van der Waals surface area (Å²) in [6.07, 6.45) is 3.82. The molecule has 0 spiro atoms. The highest BCUT2D eigenvalue weighted by Gasteiger charge is 2.33. The molecule has 0 radical (unpaired) electrons. The number of hydrogen-bond acceptors (Lipinski definition) is 3. The fraction of sp³-hybridized carbons (Fsp3) is 0.625. The average Bonchev–Trinajstić information content (AvgIpc) is 2.43. The van der Waals surface area contributed by atoms with Crippen LogP contribution < -0.4 is 0 Å². The maximum Gasteiger partial charge on any atom is 0.165 e. The molecule has 2 heterocycles. The minimum Gasteiger partial charge on any atom is -0.505 e. The van der Waals surface area contributed by atoms with Gasteiger partial charge in [0, 0.05) is 19.1 Å². The molecule has 1 N–H and O–H groups in total. The second-order valence-electron chi connectivity index (χ2n) is 6.26. The zero-order valence-electron chi connectivity index (χ0n) is 12.1. The van der Waals surface area contributed by atoms with Crippen LogP contribution in [0.1, 0.15) is 24.8 Å². The van der Waals surface area contributed by atoms with E-state index in [1.54, 1.807) is 0 Å². The number of hydrogen-bond donors (Lipinski definition) is 1. The summed E-state index contributed by atoms with van der Waals surface area (Å²) < 4.78 is 13.4. The number of nitrogens with zero attached hydrogens (tertiary/aromatic N) is 2. The van der Waals surface area contributed by atoms with E-state index in [4.69, 9.17) is 0 Å². The van der Waals surface area contributed by atoms with E-state index in [0.717, 1.165) is 37.2 Å². The van der Waals surface area contributed by atoms with Crippen LogP contribution in [0.5, 0.6) is 5.75 Å². The minimum atomic E-state index is -0.519. The first-order chi connectivity index (χ1) is 9.63. The fourth-order valence-corrected chi connectivity index (χ4v) is 3.78. The smallest absolute Gasteiger partial charge is 0.165 e. The molecule has 0 aliphatic carbocycles. The van der Waals surface area contributed by atoms with Crippen LogP contribution in [0, 0.1) is 11.7 Å². The molecule has 1 aromatic rings. The lowest BCUT2D eigenvalue weighted by Gasteiger charge is -2.46. The molecule has 2 saturated heterocycles. The molecule has 2 unspecified atom stereocenters. The van der Waals surface area contributed by atoms with Crippen molar-refractivity contribution >= 4 is 0 Å². The van der Waals surface area contributed by atoms with E-state index in [1.807, 2.05) is 6.07 Å². The first-order valence-electron chi connectivity index (χ1n) is 7.53. The Morgan fingerprint density at radius 2 is 2.15 bits per heavy atom. The van der Waals surface area contributed by atoms with E-state index in [-0.39, 0.29) is 5.75 Å². The van der Waals surface area contributed by atoms with Gasteiger partial charge in [0.1, 0.15) is 0 Å². The third-order valence-corrected chi connectivity index (χ3v) is 4.85. The highest BCUT2D eigenvalue weighted by atomic mass is 19.1. The third-order valence-electron chi connectivity index (χ3n) is 4.85. The van der Waals surface area contributed by atoms with Gasteiger partial charge in [-0.2, -0.15) is 0 Å². The third kappa shape index (κ3) is 2.81. The number of halogens is 1. The number of phenolic OH excluding ortho intramolecular Hbond substituents is 1. The number of aromatic hydroxyl groups is 1. The van der Waals surface area contributed by atoms with Crippen molar-refractivity contribution in [2.45, 2.75) is 31.8 Å². The van der Waals surface area contributed by atoms with E-state index in [2.05, 4.69) is 16.8 Å². The summed E-state index contributed by atoms with van der Waals surface area (Å²) in [6.45, 7) is 4.19. The standard InChI is InChI=1S/C16H23FN2O/c1-18-7-2-3-13-11-19(8-6-15(13)18)10-12-4-5-16(20)14(17)9-12/h4-5,9,13,15,20H,2-3,6-8,10-11H2,1H3. The average molecular weight is 278 g/mol. The Morgan fingerprint density at radius 1 is 1.30 bits per heavy atom. The van der Waals surface area contributed by atoms with Crippen molar-refractivity contribution in [2.75, 3.05) is 26.7 Å². The van der Waals surface area contributed by atoms with Gasteiger partial charge in [0.25, 0.3) is 0 Å². The van der Waals surface area contributed by atoms with Gasteiger partial charge in [0.05, 0.1) is 0 Å². The number of piperidine rings is 2. The first kappa shape index (κ1) is 13.8. The van der Waals surface area contributed by atoms with Crippen molar-refractivity contribution in [3.8, 4) is 5.75 Å². The van der Waals surface area contributed by atoms with Gasteiger partial charge in [-0.3, -0.25) is 4.90 Å².